The first kappa shape index (κ1) is 17.7. The molecule has 1 heterocycles. The Morgan fingerprint density at radius 2 is 1.71 bits per heavy atom. The van der Waals surface area contributed by atoms with Crippen LogP contribution in [0.1, 0.15) is 17.0 Å². The Kier molecular flexibility index (Phi) is 4.77. The van der Waals surface area contributed by atoms with Gasteiger partial charge in [0.05, 0.1) is 23.7 Å². The summed E-state index contributed by atoms with van der Waals surface area (Å²) in [5.74, 6) is 1.17. The molecule has 0 N–H and O–H groups in total. The molecule has 1 aromatic heterocycles. The molecule has 4 rings (SSSR count). The third kappa shape index (κ3) is 3.32. The van der Waals surface area contributed by atoms with Crippen LogP contribution in [0.2, 0.25) is 0 Å². The molecule has 0 bridgehead atoms. The Labute approximate surface area is 163 Å². The van der Waals surface area contributed by atoms with Crippen LogP contribution in [-0.2, 0) is 0 Å². The highest BCUT2D eigenvalue weighted by Gasteiger charge is 2.14. The van der Waals surface area contributed by atoms with Gasteiger partial charge in [-0.25, -0.2) is 4.98 Å². The lowest BCUT2D eigenvalue weighted by Crippen LogP contribution is -2.22. The van der Waals surface area contributed by atoms with Gasteiger partial charge in [0.2, 0.25) is 0 Å². The van der Waals surface area contributed by atoms with Crippen LogP contribution in [0.5, 0.6) is 5.75 Å². The second kappa shape index (κ2) is 7.53. The summed E-state index contributed by atoms with van der Waals surface area (Å²) < 4.78 is 7.09. The van der Waals surface area contributed by atoms with Gasteiger partial charge >= 0.3 is 0 Å². The topological polar surface area (TPSA) is 44.1 Å². The summed E-state index contributed by atoms with van der Waals surface area (Å²) in [5.41, 5.74) is 3.43. The molecule has 0 atom stereocenters. The number of aromatic nitrogens is 2. The van der Waals surface area contributed by atoms with Crippen molar-refractivity contribution in [3.8, 4) is 11.4 Å². The molecule has 0 unspecified atom stereocenters. The summed E-state index contributed by atoms with van der Waals surface area (Å²) in [5, 5.41) is 0.570. The van der Waals surface area contributed by atoms with E-state index in [0.29, 0.717) is 28.2 Å². The van der Waals surface area contributed by atoms with Crippen molar-refractivity contribution in [3.05, 3.63) is 100 Å². The molecular formula is C24H20N2O2. The number of ether oxygens (including phenoxy) is 1. The Morgan fingerprint density at radius 1 is 0.929 bits per heavy atom. The fraction of sp³-hybridized carbons (Fsp3) is 0.0833. The molecule has 4 nitrogen and oxygen atoms in total. The molecule has 0 aliphatic carbocycles. The molecule has 0 radical (unpaired) electrons. The number of benzene rings is 3. The number of hydrogen-bond donors (Lipinski definition) is 0. The third-order valence-corrected chi connectivity index (χ3v) is 4.59. The minimum absolute atomic E-state index is 0.126. The normalized spacial score (nSPS) is 11.2. The Bertz CT molecular complexity index is 1240. The quantitative estimate of drug-likeness (QED) is 0.516. The molecule has 4 aromatic rings. The van der Waals surface area contributed by atoms with E-state index in [9.17, 15) is 4.79 Å². The highest BCUT2D eigenvalue weighted by molar-refractivity contribution is 5.80. The van der Waals surface area contributed by atoms with E-state index in [4.69, 9.17) is 9.72 Å². The Balaban J connectivity index is 1.97. The highest BCUT2D eigenvalue weighted by atomic mass is 16.5. The molecule has 138 valence electrons. The minimum atomic E-state index is -0.126. The number of hydrogen-bond acceptors (Lipinski definition) is 3. The highest BCUT2D eigenvalue weighted by Crippen LogP contribution is 2.23. The number of fused-ring (bicyclic) bond motifs is 1. The molecule has 28 heavy (non-hydrogen) atoms. The van der Waals surface area contributed by atoms with Crippen molar-refractivity contribution in [2.45, 2.75) is 6.92 Å². The van der Waals surface area contributed by atoms with Gasteiger partial charge in [-0.1, -0.05) is 60.2 Å². The number of nitrogens with zero attached hydrogens (tertiary/aromatic N) is 2. The number of rotatable bonds is 4. The second-order valence-corrected chi connectivity index (χ2v) is 6.55. The van der Waals surface area contributed by atoms with E-state index >= 15 is 0 Å². The van der Waals surface area contributed by atoms with Crippen LogP contribution < -0.4 is 10.3 Å². The van der Waals surface area contributed by atoms with Crippen LogP contribution in [0, 0.1) is 6.92 Å². The number of aryl methyl sites for hydroxylation is 1. The zero-order valence-electron chi connectivity index (χ0n) is 15.8. The van der Waals surface area contributed by atoms with E-state index in [1.54, 1.807) is 17.7 Å². The van der Waals surface area contributed by atoms with Crippen molar-refractivity contribution in [2.75, 3.05) is 7.11 Å². The molecule has 0 amide bonds. The standard InChI is InChI=1S/C24H20N2O2/c1-17-8-7-9-18(16-17)14-15-23-25-20-11-4-3-10-19(20)24(27)26(23)21-12-5-6-13-22(21)28-2/h3-16H,1-2H3. The van der Waals surface area contributed by atoms with E-state index in [0.717, 1.165) is 5.56 Å². The van der Waals surface area contributed by atoms with Crippen molar-refractivity contribution in [2.24, 2.45) is 0 Å². The van der Waals surface area contributed by atoms with E-state index in [2.05, 4.69) is 19.1 Å². The van der Waals surface area contributed by atoms with Crippen LogP contribution in [0.15, 0.2) is 77.6 Å². The third-order valence-electron chi connectivity index (χ3n) is 4.59. The van der Waals surface area contributed by atoms with Gasteiger partial charge in [0.15, 0.2) is 0 Å². The molecule has 0 saturated heterocycles. The molecule has 0 aliphatic heterocycles. The molecule has 0 aliphatic rings. The van der Waals surface area contributed by atoms with Crippen LogP contribution in [-0.4, -0.2) is 16.7 Å². The van der Waals surface area contributed by atoms with Crippen LogP contribution >= 0.6 is 0 Å². The van der Waals surface area contributed by atoms with Crippen molar-refractivity contribution in [1.29, 1.82) is 0 Å². The van der Waals surface area contributed by atoms with Crippen molar-refractivity contribution in [3.63, 3.8) is 0 Å². The second-order valence-electron chi connectivity index (χ2n) is 6.55. The molecule has 3 aromatic carbocycles. The number of para-hydroxylation sites is 3. The van der Waals surface area contributed by atoms with Crippen molar-refractivity contribution in [1.82, 2.24) is 9.55 Å². The predicted octanol–water partition coefficient (Wildman–Crippen LogP) is 4.87. The minimum Gasteiger partial charge on any atom is -0.495 e. The molecule has 0 fully saturated rings. The molecule has 4 heteroatoms. The van der Waals surface area contributed by atoms with Gasteiger partial charge in [0.25, 0.3) is 5.56 Å². The van der Waals surface area contributed by atoms with E-state index in [1.165, 1.54) is 5.56 Å². The lowest BCUT2D eigenvalue weighted by Gasteiger charge is -2.14. The van der Waals surface area contributed by atoms with Gasteiger partial charge < -0.3 is 4.74 Å². The maximum Gasteiger partial charge on any atom is 0.266 e. The maximum absolute atomic E-state index is 13.3. The summed E-state index contributed by atoms with van der Waals surface area (Å²) in [7, 11) is 1.60. The van der Waals surface area contributed by atoms with Gasteiger partial charge in [0, 0.05) is 0 Å². The van der Waals surface area contributed by atoms with Crippen LogP contribution in [0.25, 0.3) is 28.7 Å². The summed E-state index contributed by atoms with van der Waals surface area (Å²) in [4.78, 5) is 18.1. The first-order chi connectivity index (χ1) is 13.7. The molecule has 0 spiro atoms. The fourth-order valence-corrected chi connectivity index (χ4v) is 3.25. The monoisotopic (exact) mass is 368 g/mol. The van der Waals surface area contributed by atoms with Gasteiger partial charge in [0.1, 0.15) is 11.6 Å². The van der Waals surface area contributed by atoms with Gasteiger partial charge in [-0.2, -0.15) is 0 Å². The summed E-state index contributed by atoms with van der Waals surface area (Å²) in [6.45, 7) is 2.05. The van der Waals surface area contributed by atoms with E-state index in [1.807, 2.05) is 66.7 Å². The summed E-state index contributed by atoms with van der Waals surface area (Å²) in [6.07, 6.45) is 3.84. The lowest BCUT2D eigenvalue weighted by molar-refractivity contribution is 0.412. The lowest BCUT2D eigenvalue weighted by atomic mass is 10.1. The largest absolute Gasteiger partial charge is 0.495 e. The molecule has 0 saturated carbocycles. The van der Waals surface area contributed by atoms with Crippen molar-refractivity contribution >= 4 is 23.1 Å². The SMILES string of the molecule is COc1ccccc1-n1c(C=Cc2cccc(C)c2)nc2ccccc2c1=O. The zero-order chi connectivity index (χ0) is 19.5. The summed E-state index contributed by atoms with van der Waals surface area (Å²) >= 11 is 0. The Morgan fingerprint density at radius 3 is 2.54 bits per heavy atom. The fourth-order valence-electron chi connectivity index (χ4n) is 3.25. The van der Waals surface area contributed by atoms with E-state index in [-0.39, 0.29) is 5.56 Å². The molecular weight excluding hydrogens is 348 g/mol. The van der Waals surface area contributed by atoms with Gasteiger partial charge in [-0.15, -0.1) is 0 Å². The van der Waals surface area contributed by atoms with Crippen molar-refractivity contribution < 1.29 is 4.74 Å². The first-order valence-corrected chi connectivity index (χ1v) is 9.07. The average molecular weight is 368 g/mol. The first-order valence-electron chi connectivity index (χ1n) is 9.07. The van der Waals surface area contributed by atoms with Gasteiger partial charge in [-0.05, 0) is 42.8 Å². The van der Waals surface area contributed by atoms with Crippen LogP contribution in [0.3, 0.4) is 0 Å². The average Bonchev–Trinajstić information content (AvgIpc) is 2.72. The maximum atomic E-state index is 13.3. The smallest absolute Gasteiger partial charge is 0.266 e. The summed E-state index contributed by atoms with van der Waals surface area (Å²) in [6, 6.07) is 23.0. The van der Waals surface area contributed by atoms with Crippen LogP contribution in [0.4, 0.5) is 0 Å². The number of methoxy groups -OCH3 is 1. The predicted molar refractivity (Wildman–Crippen MR) is 114 cm³/mol. The Hall–Kier alpha value is -3.66. The van der Waals surface area contributed by atoms with Gasteiger partial charge in [-0.3, -0.25) is 9.36 Å². The zero-order valence-corrected chi connectivity index (χ0v) is 15.8. The van der Waals surface area contributed by atoms with E-state index < -0.39 is 0 Å².